The number of aliphatic imine (C=N–C) groups is 1. The second-order valence-corrected chi connectivity index (χ2v) is 5.72. The van der Waals surface area contributed by atoms with Crippen LogP contribution in [0.15, 0.2) is 53.7 Å². The van der Waals surface area contributed by atoms with E-state index in [9.17, 15) is 0 Å². The van der Waals surface area contributed by atoms with E-state index in [-0.39, 0.29) is 30.1 Å². The first-order chi connectivity index (χ1) is 11.7. The van der Waals surface area contributed by atoms with E-state index in [1.807, 2.05) is 50.2 Å². The lowest BCUT2D eigenvalue weighted by Gasteiger charge is -2.17. The van der Waals surface area contributed by atoms with Crippen LogP contribution < -0.4 is 15.4 Å². The maximum absolute atomic E-state index is 5.97. The Kier molecular flexibility index (Phi) is 10.3. The van der Waals surface area contributed by atoms with Crippen molar-refractivity contribution in [2.24, 2.45) is 4.99 Å². The Hall–Kier alpha value is -1.54. The van der Waals surface area contributed by atoms with Gasteiger partial charge < -0.3 is 15.4 Å². The van der Waals surface area contributed by atoms with Crippen LogP contribution in [0.2, 0.25) is 5.02 Å². The zero-order chi connectivity index (χ0) is 17.2. The van der Waals surface area contributed by atoms with Crippen LogP contribution in [0.4, 0.5) is 0 Å². The Balaban J connectivity index is 0.00000312. The van der Waals surface area contributed by atoms with Crippen molar-refractivity contribution < 1.29 is 4.74 Å². The van der Waals surface area contributed by atoms with E-state index < -0.39 is 0 Å². The molecule has 1 unspecified atom stereocenters. The fourth-order valence-corrected chi connectivity index (χ4v) is 2.23. The summed E-state index contributed by atoms with van der Waals surface area (Å²) in [6.45, 7) is 5.97. The molecule has 2 rings (SSSR count). The van der Waals surface area contributed by atoms with Crippen molar-refractivity contribution in [3.8, 4) is 5.75 Å². The predicted molar refractivity (Wildman–Crippen MR) is 114 cm³/mol. The maximum atomic E-state index is 5.97. The zero-order valence-electron chi connectivity index (χ0n) is 14.4. The monoisotopic (exact) mass is 474 g/mol. The van der Waals surface area contributed by atoms with Crippen LogP contribution in [-0.2, 0) is 6.54 Å². The summed E-state index contributed by atoms with van der Waals surface area (Å²) in [4.78, 5) is 8.80. The van der Waals surface area contributed by atoms with Crippen LogP contribution in [0.25, 0.3) is 0 Å². The summed E-state index contributed by atoms with van der Waals surface area (Å²) < 4.78 is 5.84. The van der Waals surface area contributed by atoms with Gasteiger partial charge in [-0.15, -0.1) is 24.0 Å². The molecule has 0 aliphatic rings. The molecule has 25 heavy (non-hydrogen) atoms. The fraction of sp³-hybridized carbons (Fsp3) is 0.333. The number of hydrogen-bond donors (Lipinski definition) is 2. The molecule has 0 bridgehead atoms. The van der Waals surface area contributed by atoms with Crippen LogP contribution in [-0.4, -0.2) is 30.1 Å². The highest BCUT2D eigenvalue weighted by atomic mass is 127. The van der Waals surface area contributed by atoms with E-state index in [2.05, 4.69) is 20.6 Å². The van der Waals surface area contributed by atoms with Gasteiger partial charge >= 0.3 is 0 Å². The molecule has 0 aliphatic heterocycles. The fourth-order valence-electron chi connectivity index (χ4n) is 2.05. The average molecular weight is 475 g/mol. The molecule has 1 aromatic carbocycles. The van der Waals surface area contributed by atoms with Gasteiger partial charge in [0.15, 0.2) is 5.96 Å². The topological polar surface area (TPSA) is 58.5 Å². The van der Waals surface area contributed by atoms with Gasteiger partial charge in [0.25, 0.3) is 0 Å². The van der Waals surface area contributed by atoms with Crippen molar-refractivity contribution in [1.82, 2.24) is 15.6 Å². The molecule has 136 valence electrons. The highest BCUT2D eigenvalue weighted by Gasteiger charge is 2.06. The molecule has 0 spiro atoms. The Labute approximate surface area is 171 Å². The van der Waals surface area contributed by atoms with Crippen LogP contribution in [0, 0.1) is 0 Å². The lowest BCUT2D eigenvalue weighted by Crippen LogP contribution is -2.41. The van der Waals surface area contributed by atoms with Crippen molar-refractivity contribution in [1.29, 1.82) is 0 Å². The summed E-state index contributed by atoms with van der Waals surface area (Å²) in [5.74, 6) is 1.50. The Bertz CT molecular complexity index is 655. The molecule has 0 saturated carbocycles. The molecule has 1 atom stereocenters. The number of hydrogen-bond acceptors (Lipinski definition) is 3. The normalized spacial score (nSPS) is 12.0. The third kappa shape index (κ3) is 8.40. The van der Waals surface area contributed by atoms with Gasteiger partial charge in [0.05, 0.1) is 18.8 Å². The Morgan fingerprint density at radius 1 is 1.24 bits per heavy atom. The van der Waals surface area contributed by atoms with Crippen molar-refractivity contribution in [2.45, 2.75) is 26.5 Å². The molecule has 0 amide bonds. The number of nitrogens with one attached hydrogen (secondary N) is 2. The van der Waals surface area contributed by atoms with Gasteiger partial charge in [0.1, 0.15) is 11.9 Å². The number of rotatable bonds is 7. The van der Waals surface area contributed by atoms with Gasteiger partial charge in [-0.3, -0.25) is 4.98 Å². The molecule has 0 saturated heterocycles. The smallest absolute Gasteiger partial charge is 0.191 e. The van der Waals surface area contributed by atoms with Crippen molar-refractivity contribution in [2.75, 3.05) is 13.1 Å². The first kappa shape index (κ1) is 21.5. The van der Waals surface area contributed by atoms with Crippen LogP contribution >= 0.6 is 35.6 Å². The largest absolute Gasteiger partial charge is 0.489 e. The second kappa shape index (κ2) is 11.9. The number of guanidine groups is 1. The van der Waals surface area contributed by atoms with E-state index in [4.69, 9.17) is 16.3 Å². The van der Waals surface area contributed by atoms with Crippen LogP contribution in [0.5, 0.6) is 5.75 Å². The van der Waals surface area contributed by atoms with Crippen molar-refractivity contribution in [3.63, 3.8) is 0 Å². The number of pyridine rings is 1. The SMILES string of the molecule is CCNC(=NCc1ccccn1)NCC(C)Oc1cccc(Cl)c1.I. The molecular formula is C18H24ClIN4O. The lowest BCUT2D eigenvalue weighted by molar-refractivity contribution is 0.224. The first-order valence-corrected chi connectivity index (χ1v) is 8.39. The Morgan fingerprint density at radius 3 is 2.76 bits per heavy atom. The minimum absolute atomic E-state index is 0. The molecule has 0 radical (unpaired) electrons. The molecule has 0 fully saturated rings. The molecule has 2 N–H and O–H groups in total. The molecule has 1 heterocycles. The van der Waals surface area contributed by atoms with E-state index in [0.29, 0.717) is 18.1 Å². The summed E-state index contributed by atoms with van der Waals surface area (Å²) >= 11 is 5.97. The standard InChI is InChI=1S/C18H23ClN4O.HI/c1-3-20-18(23-13-16-8-4-5-10-21-16)22-12-14(2)24-17-9-6-7-15(19)11-17;/h4-11,14H,3,12-13H2,1-2H3,(H2,20,22,23);1H. The molecule has 0 aliphatic carbocycles. The number of halogens is 2. The third-order valence-corrected chi connectivity index (χ3v) is 3.39. The van der Waals surface area contributed by atoms with Gasteiger partial charge in [-0.05, 0) is 44.2 Å². The number of nitrogens with zero attached hydrogens (tertiary/aromatic N) is 2. The van der Waals surface area contributed by atoms with Gasteiger partial charge in [0, 0.05) is 17.8 Å². The minimum atomic E-state index is -0.0258. The minimum Gasteiger partial charge on any atom is -0.489 e. The van der Waals surface area contributed by atoms with Crippen molar-refractivity contribution >= 4 is 41.5 Å². The summed E-state index contributed by atoms with van der Waals surface area (Å²) in [5.41, 5.74) is 0.929. The first-order valence-electron chi connectivity index (χ1n) is 8.01. The lowest BCUT2D eigenvalue weighted by atomic mass is 10.3. The molecule has 2 aromatic rings. The summed E-state index contributed by atoms with van der Waals surface area (Å²) in [5, 5.41) is 7.16. The van der Waals surface area contributed by atoms with E-state index in [1.54, 1.807) is 12.3 Å². The van der Waals surface area contributed by atoms with Gasteiger partial charge in [-0.25, -0.2) is 4.99 Å². The summed E-state index contributed by atoms with van der Waals surface area (Å²) in [6.07, 6.45) is 1.74. The van der Waals surface area contributed by atoms with Gasteiger partial charge in [-0.2, -0.15) is 0 Å². The van der Waals surface area contributed by atoms with Gasteiger partial charge in [-0.1, -0.05) is 23.7 Å². The Morgan fingerprint density at radius 2 is 2.08 bits per heavy atom. The van der Waals surface area contributed by atoms with E-state index in [1.165, 1.54) is 0 Å². The van der Waals surface area contributed by atoms with Gasteiger partial charge in [0.2, 0.25) is 0 Å². The number of aromatic nitrogens is 1. The summed E-state index contributed by atoms with van der Waals surface area (Å²) in [6, 6.07) is 13.2. The molecule has 5 nitrogen and oxygen atoms in total. The molecular weight excluding hydrogens is 451 g/mol. The van der Waals surface area contributed by atoms with E-state index >= 15 is 0 Å². The predicted octanol–water partition coefficient (Wildman–Crippen LogP) is 3.88. The highest BCUT2D eigenvalue weighted by molar-refractivity contribution is 14.0. The van der Waals surface area contributed by atoms with Crippen LogP contribution in [0.1, 0.15) is 19.5 Å². The second-order valence-electron chi connectivity index (χ2n) is 5.28. The quantitative estimate of drug-likeness (QED) is 0.363. The van der Waals surface area contributed by atoms with Crippen molar-refractivity contribution in [3.05, 3.63) is 59.4 Å². The number of ether oxygens (including phenoxy) is 1. The zero-order valence-corrected chi connectivity index (χ0v) is 17.5. The number of benzene rings is 1. The summed E-state index contributed by atoms with van der Waals surface area (Å²) in [7, 11) is 0. The average Bonchev–Trinajstić information content (AvgIpc) is 2.58. The maximum Gasteiger partial charge on any atom is 0.191 e. The molecule has 7 heteroatoms. The third-order valence-electron chi connectivity index (χ3n) is 3.16. The molecule has 1 aromatic heterocycles. The van der Waals surface area contributed by atoms with Crippen LogP contribution in [0.3, 0.4) is 0 Å². The highest BCUT2D eigenvalue weighted by Crippen LogP contribution is 2.18. The van der Waals surface area contributed by atoms with E-state index in [0.717, 1.165) is 23.9 Å².